The third kappa shape index (κ3) is 6.60. The molecular weight excluding hydrogens is 583 g/mol. The first-order valence-electron chi connectivity index (χ1n) is 13.0. The van der Waals surface area contributed by atoms with Crippen LogP contribution in [0.3, 0.4) is 0 Å². The van der Waals surface area contributed by atoms with Crippen LogP contribution in [-0.2, 0) is 6.18 Å². The summed E-state index contributed by atoms with van der Waals surface area (Å²) in [6.45, 7) is 3.27. The van der Waals surface area contributed by atoms with Gasteiger partial charge in [0.25, 0.3) is 11.8 Å². The fourth-order valence-electron chi connectivity index (χ4n) is 4.89. The highest BCUT2D eigenvalue weighted by atomic mass is 35.5. The van der Waals surface area contributed by atoms with E-state index in [1.54, 1.807) is 29.2 Å². The summed E-state index contributed by atoms with van der Waals surface area (Å²) in [5.74, 6) is -1.43. The summed E-state index contributed by atoms with van der Waals surface area (Å²) in [6, 6.07) is 12.1. The topological polar surface area (TPSA) is 78.7 Å². The Morgan fingerprint density at radius 1 is 1.05 bits per heavy atom. The lowest BCUT2D eigenvalue weighted by molar-refractivity contribution is -0.137. The number of nitrogens with two attached hydrogens (primary N) is 1. The number of amides is 2. The van der Waals surface area contributed by atoms with Gasteiger partial charge in [0.15, 0.2) is 0 Å². The van der Waals surface area contributed by atoms with Gasteiger partial charge in [0, 0.05) is 50.0 Å². The summed E-state index contributed by atoms with van der Waals surface area (Å²) in [5.41, 5.74) is 6.57. The lowest BCUT2D eigenvalue weighted by Crippen LogP contribution is -2.55. The maximum atomic E-state index is 14.2. The first-order chi connectivity index (χ1) is 19.5. The van der Waals surface area contributed by atoms with Crippen LogP contribution in [0, 0.1) is 5.82 Å². The highest BCUT2D eigenvalue weighted by Gasteiger charge is 2.34. The van der Waals surface area contributed by atoms with Crippen molar-refractivity contribution < 1.29 is 27.2 Å². The number of hydrogen-bond donors (Lipinski definition) is 2. The summed E-state index contributed by atoms with van der Waals surface area (Å²) >= 11 is 12.3. The Balaban J connectivity index is 1.64. The quantitative estimate of drug-likeness (QED) is 0.310. The molecule has 0 aromatic heterocycles. The van der Waals surface area contributed by atoms with E-state index in [-0.39, 0.29) is 53.7 Å². The van der Waals surface area contributed by atoms with Gasteiger partial charge in [-0.2, -0.15) is 13.2 Å². The number of alkyl halides is 3. The Kier molecular flexibility index (Phi) is 9.46. The molecule has 2 amide bonds. The predicted molar refractivity (Wildman–Crippen MR) is 152 cm³/mol. The number of nitrogens with zero attached hydrogens (tertiary/aromatic N) is 2. The lowest BCUT2D eigenvalue weighted by atomic mass is 9.98. The minimum absolute atomic E-state index is 0.0128. The van der Waals surface area contributed by atoms with E-state index in [0.717, 1.165) is 18.2 Å². The molecule has 6 nitrogen and oxygen atoms in total. The van der Waals surface area contributed by atoms with E-state index in [1.807, 2.05) is 11.8 Å². The molecule has 1 aliphatic rings. The summed E-state index contributed by atoms with van der Waals surface area (Å²) in [7, 11) is 0. The number of benzene rings is 3. The van der Waals surface area contributed by atoms with Crippen molar-refractivity contribution in [2.24, 2.45) is 5.73 Å². The normalized spacial score (nSPS) is 15.7. The van der Waals surface area contributed by atoms with Crippen LogP contribution in [0.2, 0.25) is 10.0 Å². The molecule has 0 aliphatic carbocycles. The molecule has 3 N–H and O–H groups in total. The van der Waals surface area contributed by atoms with Crippen LogP contribution >= 0.6 is 23.2 Å². The highest BCUT2D eigenvalue weighted by Crippen LogP contribution is 2.36. The Morgan fingerprint density at radius 2 is 1.80 bits per heavy atom. The van der Waals surface area contributed by atoms with Gasteiger partial charge in [-0.1, -0.05) is 48.3 Å². The third-order valence-corrected chi connectivity index (χ3v) is 7.71. The zero-order valence-corrected chi connectivity index (χ0v) is 23.6. The molecule has 3 aromatic carbocycles. The molecule has 41 heavy (non-hydrogen) atoms. The van der Waals surface area contributed by atoms with E-state index >= 15 is 0 Å². The molecule has 0 spiro atoms. The van der Waals surface area contributed by atoms with Crippen molar-refractivity contribution in [2.75, 3.05) is 37.6 Å². The number of rotatable bonds is 7. The van der Waals surface area contributed by atoms with Crippen LogP contribution in [0.5, 0.6) is 0 Å². The SMILES string of the molecule is CC[C@@H]1CN(C(=O)c2ccc(C(F)(F)F)cc2Cl)CCN1c1ccc(-c2cccc(F)c2Cl)cc1C(=O)NCCN. The van der Waals surface area contributed by atoms with Crippen molar-refractivity contribution in [3.05, 3.63) is 87.2 Å². The summed E-state index contributed by atoms with van der Waals surface area (Å²) < 4.78 is 53.3. The van der Waals surface area contributed by atoms with Crippen LogP contribution in [0.4, 0.5) is 23.2 Å². The maximum absolute atomic E-state index is 14.2. The van der Waals surface area contributed by atoms with E-state index in [9.17, 15) is 27.2 Å². The molecule has 0 bridgehead atoms. The van der Waals surface area contributed by atoms with Gasteiger partial charge in [-0.25, -0.2) is 4.39 Å². The second-order valence-corrected chi connectivity index (χ2v) is 10.4. The predicted octanol–water partition coefficient (Wildman–Crippen LogP) is 6.25. The molecule has 0 saturated carbocycles. The molecular formula is C29H28Cl2F4N4O2. The average Bonchev–Trinajstić information content (AvgIpc) is 2.95. The first kappa shape index (κ1) is 30.6. The molecule has 0 radical (unpaired) electrons. The summed E-state index contributed by atoms with van der Waals surface area (Å²) in [5, 5.41) is 2.45. The molecule has 1 atom stereocenters. The third-order valence-electron chi connectivity index (χ3n) is 7.01. The highest BCUT2D eigenvalue weighted by molar-refractivity contribution is 6.34. The van der Waals surface area contributed by atoms with E-state index in [2.05, 4.69) is 5.32 Å². The number of carbonyl (C=O) groups is 2. The number of nitrogens with one attached hydrogen (secondary N) is 1. The van der Waals surface area contributed by atoms with Gasteiger partial charge in [-0.3, -0.25) is 9.59 Å². The molecule has 4 rings (SSSR count). The minimum atomic E-state index is -4.58. The van der Waals surface area contributed by atoms with Crippen LogP contribution < -0.4 is 16.0 Å². The van der Waals surface area contributed by atoms with E-state index in [4.69, 9.17) is 28.9 Å². The first-order valence-corrected chi connectivity index (χ1v) is 13.7. The van der Waals surface area contributed by atoms with Crippen LogP contribution in [0.1, 0.15) is 39.6 Å². The number of hydrogen-bond acceptors (Lipinski definition) is 4. The molecule has 1 heterocycles. The minimum Gasteiger partial charge on any atom is -0.364 e. The molecule has 0 unspecified atom stereocenters. The Hall–Kier alpha value is -3.34. The molecule has 12 heteroatoms. The van der Waals surface area contributed by atoms with Crippen LogP contribution in [0.25, 0.3) is 11.1 Å². The Morgan fingerprint density at radius 3 is 2.46 bits per heavy atom. The Bertz CT molecular complexity index is 1450. The van der Waals surface area contributed by atoms with Gasteiger partial charge >= 0.3 is 6.18 Å². The van der Waals surface area contributed by atoms with E-state index in [0.29, 0.717) is 35.3 Å². The zero-order valence-electron chi connectivity index (χ0n) is 22.1. The monoisotopic (exact) mass is 610 g/mol. The number of carbonyl (C=O) groups excluding carboxylic acids is 2. The number of halogens is 6. The molecule has 1 aliphatic heterocycles. The molecule has 218 valence electrons. The Labute approximate surface area is 245 Å². The molecule has 1 fully saturated rings. The zero-order chi connectivity index (χ0) is 29.9. The van der Waals surface area contributed by atoms with Gasteiger partial charge in [0.1, 0.15) is 5.82 Å². The fourth-order valence-corrected chi connectivity index (χ4v) is 5.38. The lowest BCUT2D eigenvalue weighted by Gasteiger charge is -2.43. The second-order valence-electron chi connectivity index (χ2n) is 9.58. The average molecular weight is 611 g/mol. The van der Waals surface area contributed by atoms with Gasteiger partial charge in [0.05, 0.1) is 26.7 Å². The maximum Gasteiger partial charge on any atom is 0.416 e. The molecule has 3 aromatic rings. The van der Waals surface area contributed by atoms with Crippen molar-refractivity contribution in [2.45, 2.75) is 25.6 Å². The summed E-state index contributed by atoms with van der Waals surface area (Å²) in [6.07, 6.45) is -3.97. The van der Waals surface area contributed by atoms with Crippen molar-refractivity contribution in [1.29, 1.82) is 0 Å². The van der Waals surface area contributed by atoms with Crippen molar-refractivity contribution in [1.82, 2.24) is 10.2 Å². The van der Waals surface area contributed by atoms with Crippen molar-refractivity contribution >= 4 is 40.7 Å². The summed E-state index contributed by atoms with van der Waals surface area (Å²) in [4.78, 5) is 30.1. The standard InChI is InChI=1S/C29H28Cl2F4N4O2/c1-2-19-16-38(28(41)21-8-7-18(15-23(21)30)29(33,34)35)12-13-39(19)25-9-6-17(14-22(25)27(40)37-11-10-36)20-4-3-5-24(32)26(20)31/h3-9,14-15,19H,2,10-13,16,36H2,1H3,(H,37,40)/t19-/m1/s1. The smallest absolute Gasteiger partial charge is 0.364 e. The largest absolute Gasteiger partial charge is 0.416 e. The van der Waals surface area contributed by atoms with Crippen LogP contribution in [0.15, 0.2) is 54.6 Å². The second kappa shape index (κ2) is 12.7. The van der Waals surface area contributed by atoms with Gasteiger partial charge in [-0.05, 0) is 48.4 Å². The van der Waals surface area contributed by atoms with Gasteiger partial charge in [-0.15, -0.1) is 0 Å². The van der Waals surface area contributed by atoms with Crippen molar-refractivity contribution in [3.8, 4) is 11.1 Å². The van der Waals surface area contributed by atoms with E-state index in [1.165, 1.54) is 12.1 Å². The van der Waals surface area contributed by atoms with Gasteiger partial charge < -0.3 is 20.9 Å². The number of piperazine rings is 1. The van der Waals surface area contributed by atoms with E-state index < -0.39 is 23.5 Å². The molecule has 1 saturated heterocycles. The number of anilines is 1. The fraction of sp³-hybridized carbons (Fsp3) is 0.310. The van der Waals surface area contributed by atoms with Gasteiger partial charge in [0.2, 0.25) is 0 Å². The van der Waals surface area contributed by atoms with Crippen LogP contribution in [-0.4, -0.2) is 55.5 Å². The van der Waals surface area contributed by atoms with Crippen molar-refractivity contribution in [3.63, 3.8) is 0 Å².